The first-order valence-electron chi connectivity index (χ1n) is 6.02. The molecule has 0 saturated heterocycles. The number of carbonyl (C=O) groups is 1. The van der Waals surface area contributed by atoms with Crippen molar-refractivity contribution in [2.75, 3.05) is 5.32 Å². The first kappa shape index (κ1) is 16.5. The number of rotatable bonds is 3. The lowest BCUT2D eigenvalue weighted by molar-refractivity contribution is -0.398. The zero-order valence-corrected chi connectivity index (χ0v) is 14.1. The number of carbonyl (C=O) groups excluding carboxylic acids is 1. The predicted octanol–water partition coefficient (Wildman–Crippen LogP) is 3.49. The number of nitro groups is 1. The molecule has 0 aliphatic carbocycles. The van der Waals surface area contributed by atoms with Crippen molar-refractivity contribution in [3.8, 4) is 5.75 Å². The summed E-state index contributed by atoms with van der Waals surface area (Å²) in [5.41, 5.74) is 0.241. The van der Waals surface area contributed by atoms with Gasteiger partial charge in [-0.1, -0.05) is 11.6 Å². The summed E-state index contributed by atoms with van der Waals surface area (Å²) in [5.74, 6) is -1.70. The molecule has 0 heterocycles. The summed E-state index contributed by atoms with van der Waals surface area (Å²) < 4.78 is 0.996. The Kier molecular flexibility index (Phi) is 4.87. The van der Waals surface area contributed by atoms with Crippen molar-refractivity contribution in [1.29, 1.82) is 0 Å². The van der Waals surface area contributed by atoms with Crippen LogP contribution in [0.5, 0.6) is 5.75 Å². The van der Waals surface area contributed by atoms with E-state index in [4.69, 9.17) is 11.6 Å². The zero-order valence-electron chi connectivity index (χ0n) is 11.2. The predicted molar refractivity (Wildman–Crippen MR) is 89.4 cm³/mol. The summed E-state index contributed by atoms with van der Waals surface area (Å²) in [5, 5.41) is 25.3. The smallest absolute Gasteiger partial charge is 0.264 e. The van der Waals surface area contributed by atoms with Gasteiger partial charge in [-0.3, -0.25) is 14.9 Å². The van der Waals surface area contributed by atoms with E-state index in [1.807, 2.05) is 6.07 Å². The van der Waals surface area contributed by atoms with Crippen LogP contribution in [-0.2, 0) is 0 Å². The highest BCUT2D eigenvalue weighted by molar-refractivity contribution is 14.1. The van der Waals surface area contributed by atoms with E-state index in [1.165, 1.54) is 0 Å². The number of benzene rings is 2. The fourth-order valence-corrected chi connectivity index (χ4v) is 2.70. The lowest BCUT2D eigenvalue weighted by atomic mass is 10.1. The number of aryl methyl sites for hydroxylation is 1. The molecule has 114 valence electrons. The molecule has 2 rings (SSSR count). The Balaban J connectivity index is 2.39. The van der Waals surface area contributed by atoms with Crippen LogP contribution in [0.1, 0.15) is 15.9 Å². The van der Waals surface area contributed by atoms with Gasteiger partial charge < -0.3 is 10.4 Å². The summed E-state index contributed by atoms with van der Waals surface area (Å²) >= 11 is 7.87. The molecule has 0 spiro atoms. The normalized spacial score (nSPS) is 10.3. The molecule has 8 heteroatoms. The number of anilines is 1. The van der Waals surface area contributed by atoms with Gasteiger partial charge in [0.2, 0.25) is 0 Å². The maximum Gasteiger partial charge on any atom is 0.264 e. The molecule has 6 nitrogen and oxygen atoms in total. The van der Waals surface area contributed by atoms with Gasteiger partial charge in [0.1, 0.15) is 0 Å². The fourth-order valence-electron chi connectivity index (χ4n) is 1.84. The molecule has 2 aromatic rings. The number of hydrogen-bond acceptors (Lipinski definition) is 4. The maximum atomic E-state index is 12.2. The van der Waals surface area contributed by atoms with E-state index in [0.29, 0.717) is 5.69 Å². The third kappa shape index (κ3) is 3.47. The Bertz CT molecular complexity index is 780. The molecule has 1 N–H and O–H groups in total. The molecule has 22 heavy (non-hydrogen) atoms. The highest BCUT2D eigenvalue weighted by Gasteiger charge is 2.17. The van der Waals surface area contributed by atoms with Gasteiger partial charge in [-0.25, -0.2) is 0 Å². The number of halogens is 2. The molecule has 0 fully saturated rings. The third-order valence-corrected chi connectivity index (χ3v) is 3.80. The number of nitro benzene ring substituents is 1. The van der Waals surface area contributed by atoms with Gasteiger partial charge in [-0.05, 0) is 65.1 Å². The van der Waals surface area contributed by atoms with Crippen molar-refractivity contribution in [1.82, 2.24) is 0 Å². The number of nitrogens with one attached hydrogen (secondary N) is 1. The summed E-state index contributed by atoms with van der Waals surface area (Å²) in [6, 6.07) is 7.39. The summed E-state index contributed by atoms with van der Waals surface area (Å²) in [6.07, 6.45) is 0. The summed E-state index contributed by atoms with van der Waals surface area (Å²) in [4.78, 5) is 22.2. The molecule has 0 unspecified atom stereocenters. The number of hydrogen-bond donors (Lipinski definition) is 1. The molecular formula is C14H9ClIN2O4-. The molecule has 0 aromatic heterocycles. The van der Waals surface area contributed by atoms with Gasteiger partial charge in [0.25, 0.3) is 11.6 Å². The lowest BCUT2D eigenvalue weighted by Gasteiger charge is -2.15. The van der Waals surface area contributed by atoms with E-state index < -0.39 is 22.3 Å². The standard InChI is InChI=1S/C14H10ClIN2O4/c1-7-4-9(16)2-3-11(7)17-14(20)10-5-8(15)6-12(13(10)19)18(21)22/h2-6,19H,1H3,(H,17,20)/p-1. The monoisotopic (exact) mass is 431 g/mol. The molecule has 0 radical (unpaired) electrons. The molecule has 2 aromatic carbocycles. The van der Waals surface area contributed by atoms with Gasteiger partial charge in [0.15, 0.2) is 0 Å². The Morgan fingerprint density at radius 2 is 2.00 bits per heavy atom. The minimum atomic E-state index is -0.963. The van der Waals surface area contributed by atoms with E-state index in [0.717, 1.165) is 21.3 Å². The van der Waals surface area contributed by atoms with Crippen molar-refractivity contribution in [3.63, 3.8) is 0 Å². The molecule has 0 aliphatic heterocycles. The van der Waals surface area contributed by atoms with Crippen LogP contribution in [0.25, 0.3) is 0 Å². The molecule has 1 amide bonds. The second kappa shape index (κ2) is 6.49. The van der Waals surface area contributed by atoms with E-state index in [9.17, 15) is 20.0 Å². The van der Waals surface area contributed by atoms with Gasteiger partial charge in [-0.15, -0.1) is 0 Å². The van der Waals surface area contributed by atoms with Gasteiger partial charge >= 0.3 is 0 Å². The number of nitrogens with zero attached hydrogens (tertiary/aromatic N) is 1. The third-order valence-electron chi connectivity index (χ3n) is 2.91. The Morgan fingerprint density at radius 1 is 1.32 bits per heavy atom. The fraction of sp³-hybridized carbons (Fsp3) is 0.0714. The number of amides is 1. The molecule has 0 bridgehead atoms. The van der Waals surface area contributed by atoms with Crippen molar-refractivity contribution >= 4 is 51.5 Å². The molecule has 0 saturated carbocycles. The minimum absolute atomic E-state index is 0.0456. The van der Waals surface area contributed by atoms with Crippen LogP contribution < -0.4 is 10.4 Å². The summed E-state index contributed by atoms with van der Waals surface area (Å²) in [6.45, 7) is 1.80. The lowest BCUT2D eigenvalue weighted by Crippen LogP contribution is -2.16. The molecular weight excluding hydrogens is 423 g/mol. The zero-order chi connectivity index (χ0) is 16.4. The van der Waals surface area contributed by atoms with Crippen molar-refractivity contribution in [3.05, 3.63) is 60.2 Å². The SMILES string of the molecule is Cc1cc(I)ccc1NC(=O)c1cc(Cl)cc([N+](=O)[O-])c1[O-]. The van der Waals surface area contributed by atoms with E-state index in [-0.39, 0.29) is 10.6 Å². The Hall–Kier alpha value is -1.87. The van der Waals surface area contributed by atoms with Crippen LogP contribution in [0.4, 0.5) is 11.4 Å². The van der Waals surface area contributed by atoms with E-state index >= 15 is 0 Å². The van der Waals surface area contributed by atoms with Crippen LogP contribution in [-0.4, -0.2) is 10.8 Å². The second-order valence-corrected chi connectivity index (χ2v) is 6.15. The first-order valence-corrected chi connectivity index (χ1v) is 7.47. The second-order valence-electron chi connectivity index (χ2n) is 4.47. The summed E-state index contributed by atoms with van der Waals surface area (Å²) in [7, 11) is 0. The quantitative estimate of drug-likeness (QED) is 0.457. The molecule has 0 atom stereocenters. The van der Waals surface area contributed by atoms with Crippen molar-refractivity contribution in [2.24, 2.45) is 0 Å². The largest absolute Gasteiger partial charge is 0.867 e. The van der Waals surface area contributed by atoms with Crippen LogP contribution in [0.2, 0.25) is 5.02 Å². The van der Waals surface area contributed by atoms with Gasteiger partial charge in [0.05, 0.1) is 4.92 Å². The van der Waals surface area contributed by atoms with E-state index in [2.05, 4.69) is 27.9 Å². The van der Waals surface area contributed by atoms with Crippen LogP contribution in [0.15, 0.2) is 30.3 Å². The van der Waals surface area contributed by atoms with E-state index in [1.54, 1.807) is 19.1 Å². The topological polar surface area (TPSA) is 95.3 Å². The average Bonchev–Trinajstić information content (AvgIpc) is 2.43. The minimum Gasteiger partial charge on any atom is -0.867 e. The Labute approximate surface area is 144 Å². The Morgan fingerprint density at radius 3 is 2.59 bits per heavy atom. The highest BCUT2D eigenvalue weighted by Crippen LogP contribution is 2.31. The van der Waals surface area contributed by atoms with Crippen molar-refractivity contribution in [2.45, 2.75) is 6.92 Å². The van der Waals surface area contributed by atoms with Gasteiger partial charge in [-0.2, -0.15) is 0 Å². The van der Waals surface area contributed by atoms with Crippen molar-refractivity contribution < 1.29 is 14.8 Å². The van der Waals surface area contributed by atoms with Gasteiger partial charge in [0, 0.05) is 25.9 Å². The maximum absolute atomic E-state index is 12.2. The van der Waals surface area contributed by atoms with Crippen LogP contribution in [0, 0.1) is 20.6 Å². The van der Waals surface area contributed by atoms with Crippen LogP contribution >= 0.6 is 34.2 Å². The average molecular weight is 432 g/mol. The highest BCUT2D eigenvalue weighted by atomic mass is 127. The first-order chi connectivity index (χ1) is 10.3. The van der Waals surface area contributed by atoms with Crippen LogP contribution in [0.3, 0.4) is 0 Å². The molecule has 0 aliphatic rings.